The molecule has 2 rings (SSSR count). The summed E-state index contributed by atoms with van der Waals surface area (Å²) in [5.74, 6) is -0.477. The largest absolute Gasteiger partial charge is 0.464 e. The Labute approximate surface area is 107 Å². The van der Waals surface area contributed by atoms with Crippen molar-refractivity contribution >= 4 is 11.9 Å². The number of hydrogen-bond acceptors (Lipinski definition) is 3. The highest BCUT2D eigenvalue weighted by molar-refractivity contribution is 6.01. The maximum absolute atomic E-state index is 12.3. The standard InChI is InChI=1S/C14H17NO3/c1-4-18-13(17)14(2,3)15-9-10-7-5-6-8-11(10)12(15)16/h5-8H,4,9H2,1-3H3. The van der Waals surface area contributed by atoms with Crippen LogP contribution in [0.4, 0.5) is 0 Å². The summed E-state index contributed by atoms with van der Waals surface area (Å²) in [6.45, 7) is 5.97. The fourth-order valence-corrected chi connectivity index (χ4v) is 2.12. The second-order valence-corrected chi connectivity index (χ2v) is 4.83. The molecule has 4 heteroatoms. The topological polar surface area (TPSA) is 46.6 Å². The van der Waals surface area contributed by atoms with Crippen molar-refractivity contribution in [1.29, 1.82) is 0 Å². The van der Waals surface area contributed by atoms with E-state index in [2.05, 4.69) is 0 Å². The van der Waals surface area contributed by atoms with E-state index in [0.717, 1.165) is 5.56 Å². The Balaban J connectivity index is 2.28. The maximum Gasteiger partial charge on any atom is 0.331 e. The van der Waals surface area contributed by atoms with E-state index < -0.39 is 5.54 Å². The smallest absolute Gasteiger partial charge is 0.331 e. The van der Waals surface area contributed by atoms with Crippen LogP contribution in [0.25, 0.3) is 0 Å². The number of hydrogen-bond donors (Lipinski definition) is 0. The van der Waals surface area contributed by atoms with Gasteiger partial charge in [0, 0.05) is 12.1 Å². The Morgan fingerprint density at radius 2 is 2.06 bits per heavy atom. The summed E-state index contributed by atoms with van der Waals surface area (Å²) in [5, 5.41) is 0. The Kier molecular flexibility index (Phi) is 3.11. The molecule has 0 radical (unpaired) electrons. The Hall–Kier alpha value is -1.84. The molecule has 1 aliphatic rings. The lowest BCUT2D eigenvalue weighted by Gasteiger charge is -2.32. The van der Waals surface area contributed by atoms with Gasteiger partial charge in [-0.25, -0.2) is 4.79 Å². The van der Waals surface area contributed by atoms with Crippen molar-refractivity contribution in [2.45, 2.75) is 32.9 Å². The molecule has 1 heterocycles. The molecule has 0 spiro atoms. The van der Waals surface area contributed by atoms with Gasteiger partial charge in [-0.1, -0.05) is 18.2 Å². The van der Waals surface area contributed by atoms with Crippen molar-refractivity contribution in [2.24, 2.45) is 0 Å². The average Bonchev–Trinajstić information content (AvgIpc) is 2.68. The highest BCUT2D eigenvalue weighted by Crippen LogP contribution is 2.29. The molecule has 1 aromatic rings. The van der Waals surface area contributed by atoms with Crippen molar-refractivity contribution in [3.8, 4) is 0 Å². The number of carbonyl (C=O) groups is 2. The van der Waals surface area contributed by atoms with Crippen LogP contribution in [0.15, 0.2) is 24.3 Å². The van der Waals surface area contributed by atoms with Gasteiger partial charge in [-0.05, 0) is 32.4 Å². The zero-order chi connectivity index (χ0) is 13.3. The molecule has 1 aromatic carbocycles. The number of rotatable bonds is 3. The zero-order valence-electron chi connectivity index (χ0n) is 10.9. The lowest BCUT2D eigenvalue weighted by atomic mass is 10.0. The molecule has 18 heavy (non-hydrogen) atoms. The minimum Gasteiger partial charge on any atom is -0.464 e. The maximum atomic E-state index is 12.3. The lowest BCUT2D eigenvalue weighted by Crippen LogP contribution is -2.51. The molecule has 1 aliphatic heterocycles. The highest BCUT2D eigenvalue weighted by Gasteiger charge is 2.43. The van der Waals surface area contributed by atoms with E-state index in [-0.39, 0.29) is 11.9 Å². The number of ether oxygens (including phenoxy) is 1. The normalized spacial score (nSPS) is 14.6. The quantitative estimate of drug-likeness (QED) is 0.767. The summed E-state index contributed by atoms with van der Waals surface area (Å²) >= 11 is 0. The summed E-state index contributed by atoms with van der Waals surface area (Å²) in [7, 11) is 0. The lowest BCUT2D eigenvalue weighted by molar-refractivity contribution is -0.154. The van der Waals surface area contributed by atoms with E-state index in [4.69, 9.17) is 4.74 Å². The third kappa shape index (κ3) is 1.88. The molecular weight excluding hydrogens is 230 g/mol. The number of fused-ring (bicyclic) bond motifs is 1. The molecule has 96 valence electrons. The molecule has 0 unspecified atom stereocenters. The Bertz CT molecular complexity index is 494. The summed E-state index contributed by atoms with van der Waals surface area (Å²) in [6.07, 6.45) is 0. The van der Waals surface area contributed by atoms with Crippen LogP contribution in [0.1, 0.15) is 36.7 Å². The van der Waals surface area contributed by atoms with Crippen molar-refractivity contribution in [3.05, 3.63) is 35.4 Å². The predicted molar refractivity (Wildman–Crippen MR) is 67.0 cm³/mol. The van der Waals surface area contributed by atoms with Gasteiger partial charge in [0.05, 0.1) is 6.61 Å². The van der Waals surface area contributed by atoms with Gasteiger partial charge < -0.3 is 9.64 Å². The summed E-state index contributed by atoms with van der Waals surface area (Å²) in [6, 6.07) is 7.43. The molecule has 0 N–H and O–H groups in total. The fourth-order valence-electron chi connectivity index (χ4n) is 2.12. The molecule has 0 aliphatic carbocycles. The predicted octanol–water partition coefficient (Wildman–Crippen LogP) is 1.98. The van der Waals surface area contributed by atoms with E-state index >= 15 is 0 Å². The summed E-state index contributed by atoms with van der Waals surface area (Å²) < 4.78 is 5.03. The first-order valence-corrected chi connectivity index (χ1v) is 6.05. The Morgan fingerprint density at radius 3 is 2.67 bits per heavy atom. The van der Waals surface area contributed by atoms with E-state index in [1.807, 2.05) is 18.2 Å². The minimum absolute atomic E-state index is 0.108. The van der Waals surface area contributed by atoms with E-state index in [1.54, 1.807) is 31.7 Å². The summed E-state index contributed by atoms with van der Waals surface area (Å²) in [4.78, 5) is 25.8. The van der Waals surface area contributed by atoms with Crippen LogP contribution in [0.5, 0.6) is 0 Å². The third-order valence-electron chi connectivity index (χ3n) is 3.27. The average molecular weight is 247 g/mol. The molecule has 0 fully saturated rings. The summed E-state index contributed by atoms with van der Waals surface area (Å²) in [5.41, 5.74) is 0.696. The van der Waals surface area contributed by atoms with Gasteiger partial charge in [0.25, 0.3) is 5.91 Å². The monoisotopic (exact) mass is 247 g/mol. The van der Waals surface area contributed by atoms with Crippen LogP contribution in [-0.2, 0) is 16.1 Å². The van der Waals surface area contributed by atoms with Gasteiger partial charge in [0.2, 0.25) is 0 Å². The van der Waals surface area contributed by atoms with Crippen molar-refractivity contribution < 1.29 is 14.3 Å². The number of nitrogens with zero attached hydrogens (tertiary/aromatic N) is 1. The molecule has 0 saturated carbocycles. The molecule has 1 amide bonds. The first-order chi connectivity index (χ1) is 8.48. The number of benzene rings is 1. The highest BCUT2D eigenvalue weighted by atomic mass is 16.5. The minimum atomic E-state index is -0.938. The number of amides is 1. The molecule has 0 bridgehead atoms. The van der Waals surface area contributed by atoms with Crippen LogP contribution in [0.3, 0.4) is 0 Å². The number of esters is 1. The molecular formula is C14H17NO3. The first kappa shape index (κ1) is 12.6. The van der Waals surface area contributed by atoms with Crippen LogP contribution >= 0.6 is 0 Å². The molecule has 0 saturated heterocycles. The van der Waals surface area contributed by atoms with E-state index in [1.165, 1.54) is 0 Å². The van der Waals surface area contributed by atoms with Gasteiger partial charge in [-0.3, -0.25) is 4.79 Å². The van der Waals surface area contributed by atoms with Crippen molar-refractivity contribution in [2.75, 3.05) is 6.61 Å². The van der Waals surface area contributed by atoms with Gasteiger partial charge >= 0.3 is 5.97 Å². The van der Waals surface area contributed by atoms with Gasteiger partial charge in [0.1, 0.15) is 5.54 Å². The zero-order valence-corrected chi connectivity index (χ0v) is 10.9. The van der Waals surface area contributed by atoms with Crippen molar-refractivity contribution in [1.82, 2.24) is 4.90 Å². The van der Waals surface area contributed by atoms with Gasteiger partial charge in [-0.15, -0.1) is 0 Å². The first-order valence-electron chi connectivity index (χ1n) is 6.05. The molecule has 4 nitrogen and oxygen atoms in total. The number of carbonyl (C=O) groups excluding carboxylic acids is 2. The van der Waals surface area contributed by atoms with Crippen molar-refractivity contribution in [3.63, 3.8) is 0 Å². The van der Waals surface area contributed by atoms with Gasteiger partial charge in [-0.2, -0.15) is 0 Å². The van der Waals surface area contributed by atoms with Crippen LogP contribution < -0.4 is 0 Å². The van der Waals surface area contributed by atoms with Gasteiger partial charge in [0.15, 0.2) is 0 Å². The Morgan fingerprint density at radius 1 is 1.39 bits per heavy atom. The molecule has 0 atom stereocenters. The van der Waals surface area contributed by atoms with Crippen LogP contribution in [0, 0.1) is 0 Å². The van der Waals surface area contributed by atoms with Crippen LogP contribution in [0.2, 0.25) is 0 Å². The second-order valence-electron chi connectivity index (χ2n) is 4.83. The molecule has 0 aromatic heterocycles. The van der Waals surface area contributed by atoms with E-state index in [9.17, 15) is 9.59 Å². The third-order valence-corrected chi connectivity index (χ3v) is 3.27. The van der Waals surface area contributed by atoms with E-state index in [0.29, 0.717) is 18.7 Å². The van der Waals surface area contributed by atoms with Crippen LogP contribution in [-0.4, -0.2) is 28.9 Å². The SMILES string of the molecule is CCOC(=O)C(C)(C)N1Cc2ccccc2C1=O. The fraction of sp³-hybridized carbons (Fsp3) is 0.429. The second kappa shape index (κ2) is 4.44.